The number of carbonyl (C=O) groups is 3. The van der Waals surface area contributed by atoms with Gasteiger partial charge < -0.3 is 25.2 Å². The van der Waals surface area contributed by atoms with Crippen molar-refractivity contribution < 1.29 is 29.0 Å². The second kappa shape index (κ2) is 12.1. The van der Waals surface area contributed by atoms with Gasteiger partial charge in [-0.05, 0) is 30.2 Å². The summed E-state index contributed by atoms with van der Waals surface area (Å²) in [6.45, 7) is 1.32. The minimum atomic E-state index is -1.36. The van der Waals surface area contributed by atoms with E-state index >= 15 is 0 Å². The van der Waals surface area contributed by atoms with Crippen LogP contribution in [0.25, 0.3) is 0 Å². The van der Waals surface area contributed by atoms with E-state index < -0.39 is 36.2 Å². The number of nitriles is 1. The van der Waals surface area contributed by atoms with E-state index in [4.69, 9.17) is 14.7 Å². The molecule has 0 heterocycles. The summed E-state index contributed by atoms with van der Waals surface area (Å²) in [5.41, 5.74) is 1.90. The monoisotopic (exact) mass is 439 g/mol. The molecule has 3 N–H and O–H groups in total. The lowest BCUT2D eigenvalue weighted by molar-refractivity contribution is -0.145. The summed E-state index contributed by atoms with van der Waals surface area (Å²) >= 11 is 0. The molecule has 0 radical (unpaired) electrons. The lowest BCUT2D eigenvalue weighted by Crippen LogP contribution is -2.56. The van der Waals surface area contributed by atoms with Crippen molar-refractivity contribution in [3.63, 3.8) is 0 Å². The van der Waals surface area contributed by atoms with E-state index in [-0.39, 0.29) is 13.0 Å². The number of ether oxygens (including phenoxy) is 2. The Morgan fingerprint density at radius 3 is 2.25 bits per heavy atom. The number of alkyl carbamates (subject to hydrolysis) is 1. The van der Waals surface area contributed by atoms with Gasteiger partial charge >= 0.3 is 12.1 Å². The molecule has 3 atom stereocenters. The summed E-state index contributed by atoms with van der Waals surface area (Å²) in [7, 11) is 1.19. The molecule has 0 aromatic heterocycles. The molecule has 0 aliphatic carbocycles. The van der Waals surface area contributed by atoms with Crippen LogP contribution in [0, 0.1) is 11.3 Å². The predicted molar refractivity (Wildman–Crippen MR) is 114 cm³/mol. The lowest BCUT2D eigenvalue weighted by Gasteiger charge is -2.23. The largest absolute Gasteiger partial charge is 0.467 e. The zero-order valence-corrected chi connectivity index (χ0v) is 17.8. The second-order valence-corrected chi connectivity index (χ2v) is 7.02. The van der Waals surface area contributed by atoms with Crippen LogP contribution >= 0.6 is 0 Å². The first-order valence-corrected chi connectivity index (χ1v) is 9.86. The van der Waals surface area contributed by atoms with Crippen LogP contribution in [0.5, 0.6) is 0 Å². The Labute approximate surface area is 186 Å². The molecule has 0 aliphatic rings. The van der Waals surface area contributed by atoms with Gasteiger partial charge in [-0.15, -0.1) is 0 Å². The quantitative estimate of drug-likeness (QED) is 0.503. The van der Waals surface area contributed by atoms with Crippen molar-refractivity contribution in [2.45, 2.75) is 38.1 Å². The van der Waals surface area contributed by atoms with Crippen molar-refractivity contribution in [3.05, 3.63) is 71.3 Å². The first-order valence-electron chi connectivity index (χ1n) is 9.86. The summed E-state index contributed by atoms with van der Waals surface area (Å²) < 4.78 is 9.85. The van der Waals surface area contributed by atoms with E-state index in [1.54, 1.807) is 48.5 Å². The maximum absolute atomic E-state index is 12.7. The van der Waals surface area contributed by atoms with Crippen molar-refractivity contribution in [3.8, 4) is 6.07 Å². The third-order valence-electron chi connectivity index (χ3n) is 4.58. The number of methoxy groups -OCH3 is 1. The van der Waals surface area contributed by atoms with Crippen LogP contribution in [-0.4, -0.2) is 48.4 Å². The highest BCUT2D eigenvalue weighted by atomic mass is 16.5. The van der Waals surface area contributed by atoms with Crippen LogP contribution in [0.15, 0.2) is 54.6 Å². The Balaban J connectivity index is 2.02. The molecule has 32 heavy (non-hydrogen) atoms. The zero-order chi connectivity index (χ0) is 23.5. The summed E-state index contributed by atoms with van der Waals surface area (Å²) in [5, 5.41) is 23.7. The maximum Gasteiger partial charge on any atom is 0.408 e. The number of hydrogen-bond donors (Lipinski definition) is 3. The number of nitrogens with zero attached hydrogens (tertiary/aromatic N) is 1. The van der Waals surface area contributed by atoms with Gasteiger partial charge in [-0.3, -0.25) is 4.79 Å². The van der Waals surface area contributed by atoms with Gasteiger partial charge in [0, 0.05) is 6.42 Å². The van der Waals surface area contributed by atoms with Crippen molar-refractivity contribution in [1.29, 1.82) is 5.26 Å². The van der Waals surface area contributed by atoms with Gasteiger partial charge in [0.1, 0.15) is 18.7 Å². The Morgan fingerprint density at radius 1 is 1.03 bits per heavy atom. The number of aliphatic hydroxyl groups is 1. The molecule has 2 aromatic rings. The number of rotatable bonds is 9. The number of amides is 2. The minimum Gasteiger partial charge on any atom is -0.467 e. The van der Waals surface area contributed by atoms with Gasteiger partial charge in [0.25, 0.3) is 0 Å². The van der Waals surface area contributed by atoms with Gasteiger partial charge in [-0.1, -0.05) is 42.5 Å². The zero-order valence-electron chi connectivity index (χ0n) is 17.8. The number of hydrogen-bond acceptors (Lipinski definition) is 7. The third-order valence-corrected chi connectivity index (χ3v) is 4.58. The molecule has 2 amide bonds. The fraction of sp³-hybridized carbons (Fsp3) is 0.304. The molecule has 0 unspecified atom stereocenters. The molecule has 9 heteroatoms. The lowest BCUT2D eigenvalue weighted by atomic mass is 10.0. The highest BCUT2D eigenvalue weighted by Crippen LogP contribution is 2.08. The van der Waals surface area contributed by atoms with Gasteiger partial charge in [-0.25, -0.2) is 9.59 Å². The number of aliphatic hydroxyl groups excluding tert-OH is 1. The fourth-order valence-corrected chi connectivity index (χ4v) is 2.85. The summed E-state index contributed by atoms with van der Waals surface area (Å²) in [6, 6.07) is 15.0. The van der Waals surface area contributed by atoms with E-state index in [0.717, 1.165) is 5.56 Å². The van der Waals surface area contributed by atoms with Crippen LogP contribution in [0.2, 0.25) is 0 Å². The molecule has 0 fully saturated rings. The first-order chi connectivity index (χ1) is 15.3. The Hall–Kier alpha value is -3.90. The van der Waals surface area contributed by atoms with Crippen LogP contribution in [0.1, 0.15) is 23.6 Å². The van der Waals surface area contributed by atoms with E-state index in [2.05, 4.69) is 10.6 Å². The standard InChI is InChI=1S/C23H25N3O6/c1-15(27)20(26-23(30)32-14-18-6-4-3-5-7-18)21(28)25-19(22(29)31-2)12-16-8-10-17(13-24)11-9-16/h3-11,15,19-20,27H,12,14H2,1-2H3,(H,25,28)(H,26,30)/t15-,19-,20+/m1/s1. The third kappa shape index (κ3) is 7.41. The van der Waals surface area contributed by atoms with Crippen molar-refractivity contribution in [1.82, 2.24) is 10.6 Å². The van der Waals surface area contributed by atoms with Crippen LogP contribution < -0.4 is 10.6 Å². The van der Waals surface area contributed by atoms with Gasteiger partial charge in [0.15, 0.2) is 0 Å². The Kier molecular flexibility index (Phi) is 9.20. The van der Waals surface area contributed by atoms with E-state index in [9.17, 15) is 19.5 Å². The molecule has 0 spiro atoms. The molecular weight excluding hydrogens is 414 g/mol. The summed E-state index contributed by atoms with van der Waals surface area (Å²) in [6.07, 6.45) is -2.06. The number of benzene rings is 2. The summed E-state index contributed by atoms with van der Waals surface area (Å²) in [5.74, 6) is -1.47. The molecule has 0 saturated heterocycles. The van der Waals surface area contributed by atoms with Crippen molar-refractivity contribution in [2.24, 2.45) is 0 Å². The molecule has 0 bridgehead atoms. The molecule has 0 saturated carbocycles. The predicted octanol–water partition coefficient (Wildman–Crippen LogP) is 1.43. The first kappa shape index (κ1) is 24.4. The van der Waals surface area contributed by atoms with Gasteiger partial charge in [0.2, 0.25) is 5.91 Å². The van der Waals surface area contributed by atoms with Crippen LogP contribution in [0.3, 0.4) is 0 Å². The smallest absolute Gasteiger partial charge is 0.408 e. The molecule has 2 aromatic carbocycles. The van der Waals surface area contributed by atoms with Crippen molar-refractivity contribution >= 4 is 18.0 Å². The van der Waals surface area contributed by atoms with E-state index in [0.29, 0.717) is 11.1 Å². The average molecular weight is 439 g/mol. The maximum atomic E-state index is 12.7. The number of nitrogens with one attached hydrogen (secondary N) is 2. The van der Waals surface area contributed by atoms with Crippen LogP contribution in [0.4, 0.5) is 4.79 Å². The minimum absolute atomic E-state index is 0.00962. The van der Waals surface area contributed by atoms with E-state index in [1.165, 1.54) is 14.0 Å². The molecule has 2 rings (SSSR count). The fourth-order valence-electron chi connectivity index (χ4n) is 2.85. The Bertz CT molecular complexity index is 954. The van der Waals surface area contributed by atoms with E-state index in [1.807, 2.05) is 12.1 Å². The highest BCUT2D eigenvalue weighted by molar-refractivity contribution is 5.90. The number of esters is 1. The van der Waals surface area contributed by atoms with Gasteiger partial charge in [-0.2, -0.15) is 5.26 Å². The van der Waals surface area contributed by atoms with Crippen molar-refractivity contribution in [2.75, 3.05) is 7.11 Å². The highest BCUT2D eigenvalue weighted by Gasteiger charge is 2.30. The molecule has 9 nitrogen and oxygen atoms in total. The van der Waals surface area contributed by atoms with Crippen LogP contribution in [-0.2, 0) is 32.1 Å². The summed E-state index contributed by atoms with van der Waals surface area (Å²) in [4.78, 5) is 37.0. The second-order valence-electron chi connectivity index (χ2n) is 7.02. The topological polar surface area (TPSA) is 138 Å². The number of carbonyl (C=O) groups excluding carboxylic acids is 3. The normalized spacial score (nSPS) is 13.1. The average Bonchev–Trinajstić information content (AvgIpc) is 2.81. The van der Waals surface area contributed by atoms with Gasteiger partial charge in [0.05, 0.1) is 24.8 Å². The Morgan fingerprint density at radius 2 is 1.69 bits per heavy atom. The SMILES string of the molecule is COC(=O)[C@@H](Cc1ccc(C#N)cc1)NC(=O)[C@@H](NC(=O)OCc1ccccc1)[C@@H](C)O. The molecule has 0 aliphatic heterocycles. The molecule has 168 valence electrons. The molecular formula is C23H25N3O6.